The van der Waals surface area contributed by atoms with Gasteiger partial charge in [0, 0.05) is 6.54 Å². The highest BCUT2D eigenvalue weighted by atomic mass is 32.2. The number of aromatic hydroxyl groups is 1. The molecule has 3 rings (SSSR count). The maximum absolute atomic E-state index is 15.1. The first kappa shape index (κ1) is 23.1. The molecule has 0 bridgehead atoms. The molecule has 31 heavy (non-hydrogen) atoms. The van der Waals surface area contributed by atoms with Crippen molar-refractivity contribution in [2.45, 2.75) is 51.7 Å². The Balaban J connectivity index is 1.62. The van der Waals surface area contributed by atoms with Crippen LogP contribution in [-0.2, 0) is 37.3 Å². The summed E-state index contributed by atoms with van der Waals surface area (Å²) < 4.78 is 52.3. The quantitative estimate of drug-likeness (QED) is 0.562. The Kier molecular flexibility index (Phi) is 6.33. The van der Waals surface area contributed by atoms with E-state index in [1.54, 1.807) is 25.5 Å². The number of hydrogen-bond acceptors (Lipinski definition) is 7. The zero-order valence-corrected chi connectivity index (χ0v) is 18.3. The highest BCUT2D eigenvalue weighted by molar-refractivity contribution is 7.92. The van der Waals surface area contributed by atoms with E-state index in [1.807, 2.05) is 0 Å². The number of nitrogens with zero attached hydrogens (tertiary/aromatic N) is 1. The lowest BCUT2D eigenvalue weighted by atomic mass is 9.88. The molecule has 1 aromatic rings. The van der Waals surface area contributed by atoms with E-state index in [4.69, 9.17) is 9.47 Å². The van der Waals surface area contributed by atoms with E-state index in [9.17, 15) is 23.1 Å². The summed E-state index contributed by atoms with van der Waals surface area (Å²) in [5, 5.41) is 12.9. The molecule has 1 atom stereocenters. The van der Waals surface area contributed by atoms with Gasteiger partial charge < -0.3 is 19.9 Å². The third kappa shape index (κ3) is 5.37. The molecule has 0 saturated carbocycles. The summed E-state index contributed by atoms with van der Waals surface area (Å²) in [4.78, 5) is 23.1. The number of phenolic OH excluding ortho intramolecular Hbond substituents is 1. The van der Waals surface area contributed by atoms with Crippen LogP contribution >= 0.6 is 0 Å². The van der Waals surface area contributed by atoms with Crippen LogP contribution in [0.1, 0.15) is 38.3 Å². The second-order valence-electron chi connectivity index (χ2n) is 8.40. The van der Waals surface area contributed by atoms with Gasteiger partial charge in [-0.2, -0.15) is 8.42 Å². The maximum Gasteiger partial charge on any atom is 0.407 e. The van der Waals surface area contributed by atoms with Crippen molar-refractivity contribution in [2.75, 3.05) is 24.0 Å². The van der Waals surface area contributed by atoms with Gasteiger partial charge in [0.25, 0.3) is 5.91 Å². The molecule has 1 aliphatic heterocycles. The smallest absolute Gasteiger partial charge is 0.407 e. The van der Waals surface area contributed by atoms with Crippen molar-refractivity contribution in [1.29, 1.82) is 0 Å². The van der Waals surface area contributed by atoms with Gasteiger partial charge in [-0.05, 0) is 57.2 Å². The predicted octanol–water partition coefficient (Wildman–Crippen LogP) is 1.11. The fourth-order valence-electron chi connectivity index (χ4n) is 3.54. The molecule has 10 nitrogen and oxygen atoms in total. The van der Waals surface area contributed by atoms with Crippen molar-refractivity contribution >= 4 is 27.9 Å². The van der Waals surface area contributed by atoms with Crippen LogP contribution in [0.15, 0.2) is 6.07 Å². The lowest BCUT2D eigenvalue weighted by Gasteiger charge is -2.28. The van der Waals surface area contributed by atoms with E-state index < -0.39 is 51.6 Å². The van der Waals surface area contributed by atoms with E-state index in [2.05, 4.69) is 5.32 Å². The van der Waals surface area contributed by atoms with E-state index in [1.165, 1.54) is 6.07 Å². The van der Waals surface area contributed by atoms with Gasteiger partial charge >= 0.3 is 16.3 Å². The van der Waals surface area contributed by atoms with Crippen molar-refractivity contribution in [3.05, 3.63) is 23.0 Å². The summed E-state index contributed by atoms with van der Waals surface area (Å²) in [6.07, 6.45) is 0.264. The van der Waals surface area contributed by atoms with Gasteiger partial charge in [-0.3, -0.25) is 4.79 Å². The fourth-order valence-corrected chi connectivity index (χ4v) is 4.70. The molecular formula is C19H26FN3O7S. The van der Waals surface area contributed by atoms with Crippen molar-refractivity contribution in [3.63, 3.8) is 0 Å². The predicted molar refractivity (Wildman–Crippen MR) is 108 cm³/mol. The lowest BCUT2D eigenvalue weighted by Crippen LogP contribution is -2.35. The third-order valence-corrected chi connectivity index (χ3v) is 6.15. The Morgan fingerprint density at radius 3 is 2.74 bits per heavy atom. The van der Waals surface area contributed by atoms with Crippen LogP contribution in [-0.4, -0.2) is 56.9 Å². The second-order valence-corrected chi connectivity index (χ2v) is 9.99. The Hall–Kier alpha value is -2.60. The normalized spacial score (nSPS) is 20.2. The number of hydrogen-bond donors (Lipinski definition) is 3. The number of fused-ring (bicyclic) bond motifs is 1. The molecule has 1 fully saturated rings. The number of anilines is 1. The number of amides is 2. The summed E-state index contributed by atoms with van der Waals surface area (Å²) in [6.45, 7) is 5.15. The summed E-state index contributed by atoms with van der Waals surface area (Å²) >= 11 is 0. The lowest BCUT2D eigenvalue weighted by molar-refractivity contribution is -0.117. The molecule has 0 aromatic heterocycles. The minimum Gasteiger partial charge on any atom is -0.506 e. The molecule has 1 saturated heterocycles. The standard InChI is InChI=1S/C19H26FN3O7S/c1-19(2,3)30-18(26)21-6-7-29-12-4-5-13-11(8-12)9-14(24)17(16(13)20)23-10-15(25)22-31(23,27)28/h9,12,24H,4-8,10H2,1-3H3,(H,21,26)(H,22,25). The molecule has 0 spiro atoms. The number of ether oxygens (including phenoxy) is 2. The highest BCUT2D eigenvalue weighted by Gasteiger charge is 2.39. The molecular weight excluding hydrogens is 433 g/mol. The number of halogens is 1. The zero-order valence-electron chi connectivity index (χ0n) is 17.5. The molecule has 0 radical (unpaired) electrons. The summed E-state index contributed by atoms with van der Waals surface area (Å²) in [5.41, 5.74) is -0.334. The van der Waals surface area contributed by atoms with Crippen molar-refractivity contribution in [1.82, 2.24) is 10.0 Å². The SMILES string of the molecule is CC(C)(C)OC(=O)NCCOC1CCc2c(cc(O)c(N3CC(=O)NS3(=O)=O)c2F)C1. The van der Waals surface area contributed by atoms with Crippen LogP contribution in [0.5, 0.6) is 5.75 Å². The summed E-state index contributed by atoms with van der Waals surface area (Å²) in [6, 6.07) is 1.31. The molecule has 172 valence electrons. The van der Waals surface area contributed by atoms with Crippen molar-refractivity contribution in [3.8, 4) is 5.75 Å². The Labute approximate surface area is 179 Å². The minimum absolute atomic E-state index is 0.228. The third-order valence-electron chi connectivity index (χ3n) is 4.77. The summed E-state index contributed by atoms with van der Waals surface area (Å²) in [7, 11) is -4.24. The first-order chi connectivity index (χ1) is 14.4. The number of alkyl carbamates (subject to hydrolysis) is 1. The second kappa shape index (κ2) is 8.50. The van der Waals surface area contributed by atoms with Gasteiger partial charge in [0.1, 0.15) is 23.6 Å². The fraction of sp³-hybridized carbons (Fsp3) is 0.579. The average molecular weight is 459 g/mol. The van der Waals surface area contributed by atoms with E-state index in [0.29, 0.717) is 22.7 Å². The summed E-state index contributed by atoms with van der Waals surface area (Å²) in [5.74, 6) is -2.23. The van der Waals surface area contributed by atoms with Gasteiger partial charge in [0.15, 0.2) is 5.82 Å². The maximum atomic E-state index is 15.1. The van der Waals surface area contributed by atoms with Gasteiger partial charge in [-0.15, -0.1) is 0 Å². The number of carbonyl (C=O) groups excluding carboxylic acids is 2. The Bertz CT molecular complexity index is 991. The Morgan fingerprint density at radius 1 is 1.42 bits per heavy atom. The van der Waals surface area contributed by atoms with Crippen LogP contribution in [0.25, 0.3) is 0 Å². The molecule has 1 unspecified atom stereocenters. The molecule has 1 aliphatic carbocycles. The number of benzene rings is 1. The van der Waals surface area contributed by atoms with Crippen LogP contribution in [0.3, 0.4) is 0 Å². The minimum atomic E-state index is -4.24. The van der Waals surface area contributed by atoms with Crippen LogP contribution in [0.2, 0.25) is 0 Å². The van der Waals surface area contributed by atoms with E-state index in [-0.39, 0.29) is 31.2 Å². The number of nitrogens with one attached hydrogen (secondary N) is 2. The van der Waals surface area contributed by atoms with Gasteiger partial charge in [-0.25, -0.2) is 18.2 Å². The Morgan fingerprint density at radius 2 is 2.13 bits per heavy atom. The highest BCUT2D eigenvalue weighted by Crippen LogP contribution is 2.39. The van der Waals surface area contributed by atoms with Gasteiger partial charge in [0.2, 0.25) is 0 Å². The average Bonchev–Trinajstić information content (AvgIpc) is 2.89. The number of carbonyl (C=O) groups is 2. The molecule has 3 N–H and O–H groups in total. The van der Waals surface area contributed by atoms with Crippen LogP contribution in [0, 0.1) is 5.82 Å². The largest absolute Gasteiger partial charge is 0.506 e. The van der Waals surface area contributed by atoms with Gasteiger partial charge in [0.05, 0.1) is 12.7 Å². The first-order valence-electron chi connectivity index (χ1n) is 9.82. The first-order valence-corrected chi connectivity index (χ1v) is 11.3. The van der Waals surface area contributed by atoms with E-state index >= 15 is 4.39 Å². The van der Waals surface area contributed by atoms with Crippen LogP contribution < -0.4 is 14.3 Å². The monoisotopic (exact) mass is 459 g/mol. The number of phenols is 1. The number of rotatable bonds is 5. The van der Waals surface area contributed by atoms with Gasteiger partial charge in [-0.1, -0.05) is 0 Å². The topological polar surface area (TPSA) is 134 Å². The zero-order chi connectivity index (χ0) is 23.0. The van der Waals surface area contributed by atoms with Crippen LogP contribution in [0.4, 0.5) is 14.9 Å². The molecule has 1 heterocycles. The molecule has 12 heteroatoms. The van der Waals surface area contributed by atoms with E-state index in [0.717, 1.165) is 0 Å². The molecule has 2 aliphatic rings. The van der Waals surface area contributed by atoms with Crippen molar-refractivity contribution in [2.24, 2.45) is 0 Å². The molecule has 1 aromatic carbocycles. The van der Waals surface area contributed by atoms with Crippen molar-refractivity contribution < 1.29 is 37.0 Å². The molecule has 2 amide bonds.